The van der Waals surface area contributed by atoms with E-state index in [9.17, 15) is 15.0 Å². The third kappa shape index (κ3) is 22.4. The van der Waals surface area contributed by atoms with Crippen molar-refractivity contribution in [1.82, 2.24) is 0 Å². The average Bonchev–Trinajstić information content (AvgIpc) is 2.64. The summed E-state index contributed by atoms with van der Waals surface area (Å²) in [5, 5.41) is 19.5. The minimum Gasteiger partial charge on any atom is -0.520 e. The summed E-state index contributed by atoms with van der Waals surface area (Å²) in [7, 11) is -10.5. The Bertz CT molecular complexity index is 671. The molecule has 0 aromatic rings. The largest absolute Gasteiger partial charge is 0.520 e. The molecule has 0 radical (unpaired) electrons. The fraction of sp³-hybridized carbons (Fsp3) is 0.864. The van der Waals surface area contributed by atoms with Gasteiger partial charge in [-0.1, -0.05) is 19.4 Å². The molecule has 0 amide bonds. The van der Waals surface area contributed by atoms with Crippen molar-refractivity contribution >= 4 is 58.3 Å². The number of aliphatic hydroxyl groups excluding tert-OH is 2. The molecule has 0 heterocycles. The van der Waals surface area contributed by atoms with Gasteiger partial charge in [0, 0.05) is 23.2 Å². The summed E-state index contributed by atoms with van der Waals surface area (Å²) in [5.74, 6) is -0.846. The molecule has 222 valence electrons. The predicted octanol–water partition coefficient (Wildman–Crippen LogP) is 4.57. The Morgan fingerprint density at radius 1 is 0.784 bits per heavy atom. The van der Waals surface area contributed by atoms with Crippen molar-refractivity contribution < 1.29 is 41.6 Å². The number of carbonyl (C=O) groups is 1. The lowest BCUT2D eigenvalue weighted by Crippen LogP contribution is -2.55. The molecule has 9 nitrogen and oxygen atoms in total. The van der Waals surface area contributed by atoms with Crippen LogP contribution in [0.25, 0.3) is 0 Å². The van der Waals surface area contributed by atoms with Crippen LogP contribution in [0.3, 0.4) is 0 Å². The molecule has 0 aliphatic rings. The monoisotopic (exact) mass is 632 g/mol. The highest BCUT2D eigenvalue weighted by molar-refractivity contribution is 6.85. The molecule has 0 fully saturated rings. The van der Waals surface area contributed by atoms with Gasteiger partial charge in [0.1, 0.15) is 5.57 Å². The minimum absolute atomic E-state index is 0.0232. The molecule has 1 unspecified atom stereocenters. The van der Waals surface area contributed by atoms with Crippen molar-refractivity contribution in [3.05, 3.63) is 11.5 Å². The van der Waals surface area contributed by atoms with E-state index in [2.05, 4.69) is 6.92 Å². The van der Waals surface area contributed by atoms with E-state index < -0.39 is 60.8 Å². The summed E-state index contributed by atoms with van der Waals surface area (Å²) in [6, 6.07) is 1.46. The van der Waals surface area contributed by atoms with Crippen LogP contribution in [0.15, 0.2) is 11.5 Å². The van der Waals surface area contributed by atoms with E-state index in [0.29, 0.717) is 0 Å². The quantitative estimate of drug-likeness (QED) is 0.0881. The van der Waals surface area contributed by atoms with Gasteiger partial charge in [-0.25, -0.2) is 4.79 Å². The van der Waals surface area contributed by atoms with Gasteiger partial charge in [0.05, 0.1) is 12.7 Å². The van der Waals surface area contributed by atoms with Gasteiger partial charge in [-0.15, -0.1) is 0 Å². The summed E-state index contributed by atoms with van der Waals surface area (Å²) in [6.45, 7) is 27.1. The van der Waals surface area contributed by atoms with Crippen molar-refractivity contribution in [3.8, 4) is 0 Å². The standard InChI is InChI=1S/C19H46O9Si5.C3H10Si/c1-29(2,3)24-19(25-30(4,5)6)17(14-16(21)15-20)18(22)23-26-33(13,27-31(7,8)9)28-32(10,11)12;1-2-3-4/h16,20-21H,14-15H2,1-13H3;2-3H2,1,4H3. The summed E-state index contributed by atoms with van der Waals surface area (Å²) in [5.41, 5.74) is -0.0289. The van der Waals surface area contributed by atoms with Crippen LogP contribution in [-0.4, -0.2) is 81.2 Å². The van der Waals surface area contributed by atoms with E-state index >= 15 is 0 Å². The third-order valence-corrected chi connectivity index (χ3v) is 14.5. The Morgan fingerprint density at radius 3 is 1.43 bits per heavy atom. The van der Waals surface area contributed by atoms with Crippen molar-refractivity contribution in [3.63, 3.8) is 0 Å². The van der Waals surface area contributed by atoms with E-state index in [1.54, 1.807) is 6.55 Å². The molecular formula is C22H56O9Si6. The zero-order valence-electron chi connectivity index (χ0n) is 26.2. The summed E-state index contributed by atoms with van der Waals surface area (Å²) < 4.78 is 30.1. The lowest BCUT2D eigenvalue weighted by Gasteiger charge is -2.35. The van der Waals surface area contributed by atoms with E-state index in [1.807, 2.05) is 78.6 Å². The molecule has 0 aliphatic heterocycles. The fourth-order valence-corrected chi connectivity index (χ4v) is 14.0. The van der Waals surface area contributed by atoms with Crippen LogP contribution in [0.2, 0.25) is 91.2 Å². The number of carbonyl (C=O) groups excluding carboxylic acids is 1. The molecule has 15 heteroatoms. The predicted molar refractivity (Wildman–Crippen MR) is 166 cm³/mol. The van der Waals surface area contributed by atoms with E-state index in [0.717, 1.165) is 0 Å². The minimum atomic E-state index is -3.32. The normalized spacial score (nSPS) is 13.8. The maximum Gasteiger partial charge on any atom is 0.520 e. The first kappa shape index (κ1) is 39.1. The highest BCUT2D eigenvalue weighted by atomic mass is 28.5. The number of hydrogen-bond donors (Lipinski definition) is 2. The van der Waals surface area contributed by atoms with Crippen LogP contribution >= 0.6 is 0 Å². The topological polar surface area (TPSA) is 113 Å². The highest BCUT2D eigenvalue weighted by Gasteiger charge is 2.46. The first-order chi connectivity index (χ1) is 16.4. The van der Waals surface area contributed by atoms with Crippen molar-refractivity contribution in [2.75, 3.05) is 6.61 Å². The first-order valence-electron chi connectivity index (χ1n) is 13.1. The van der Waals surface area contributed by atoms with Gasteiger partial charge in [-0.2, -0.15) is 4.58 Å². The van der Waals surface area contributed by atoms with E-state index in [1.165, 1.54) is 22.7 Å². The highest BCUT2D eigenvalue weighted by Crippen LogP contribution is 2.26. The van der Waals surface area contributed by atoms with E-state index in [-0.39, 0.29) is 17.9 Å². The molecule has 0 saturated carbocycles. The molecule has 37 heavy (non-hydrogen) atoms. The Kier molecular flexibility index (Phi) is 17.1. The van der Waals surface area contributed by atoms with Crippen LogP contribution in [0, 0.1) is 0 Å². The smallest absolute Gasteiger partial charge is 0.520 e. The lowest BCUT2D eigenvalue weighted by molar-refractivity contribution is -0.229. The molecule has 1 atom stereocenters. The summed E-state index contributed by atoms with van der Waals surface area (Å²) in [4.78, 5) is 18.4. The number of aliphatic hydroxyl groups is 2. The maximum absolute atomic E-state index is 13.2. The average molecular weight is 633 g/mol. The Balaban J connectivity index is 0. The van der Waals surface area contributed by atoms with Crippen LogP contribution in [0.1, 0.15) is 19.8 Å². The van der Waals surface area contributed by atoms with Gasteiger partial charge in [0.25, 0.3) is 5.95 Å². The second kappa shape index (κ2) is 16.2. The second-order valence-electron chi connectivity index (χ2n) is 13.0. The molecular weight excluding hydrogens is 577 g/mol. The first-order valence-corrected chi connectivity index (χ1v) is 30.3. The Morgan fingerprint density at radius 2 is 1.16 bits per heavy atom. The summed E-state index contributed by atoms with van der Waals surface area (Å²) >= 11 is 0. The van der Waals surface area contributed by atoms with Crippen molar-refractivity contribution in [2.45, 2.75) is 117 Å². The zero-order chi connectivity index (χ0) is 29.9. The third-order valence-electron chi connectivity index (χ3n) is 3.69. The maximum atomic E-state index is 13.2. The van der Waals surface area contributed by atoms with Gasteiger partial charge in [-0.3, -0.25) is 4.89 Å². The lowest BCUT2D eigenvalue weighted by atomic mass is 10.1. The van der Waals surface area contributed by atoms with E-state index in [4.69, 9.17) is 26.5 Å². The molecule has 0 rings (SSSR count). The van der Waals surface area contributed by atoms with Crippen LogP contribution in [0.4, 0.5) is 0 Å². The molecule has 0 saturated heterocycles. The molecule has 2 N–H and O–H groups in total. The molecule has 0 bridgehead atoms. The second-order valence-corrected chi connectivity index (χ2v) is 34.8. The molecule has 0 spiro atoms. The molecule has 0 aromatic heterocycles. The van der Waals surface area contributed by atoms with Gasteiger partial charge in [0.2, 0.25) is 16.6 Å². The van der Waals surface area contributed by atoms with Gasteiger partial charge in [0.15, 0.2) is 16.6 Å². The fourth-order valence-electron chi connectivity index (χ4n) is 2.58. The van der Waals surface area contributed by atoms with Crippen molar-refractivity contribution in [1.29, 1.82) is 0 Å². The molecule has 0 aromatic carbocycles. The Hall–Kier alpha value is -0.0887. The molecule has 0 aliphatic carbocycles. The van der Waals surface area contributed by atoms with Crippen LogP contribution in [0.5, 0.6) is 0 Å². The Labute approximate surface area is 234 Å². The SMILES string of the molecule is CCC[SiH3].C[Si](C)(C)OC(O[Si](C)(C)C)=C(CC(O)CO)C(=O)OO[Si](C)(O[Si](C)(C)C)O[Si](C)(C)C. The van der Waals surface area contributed by atoms with Crippen LogP contribution in [-0.2, 0) is 31.3 Å². The zero-order valence-corrected chi connectivity index (χ0v) is 33.2. The van der Waals surface area contributed by atoms with Crippen LogP contribution < -0.4 is 0 Å². The number of hydrogen-bond acceptors (Lipinski definition) is 9. The summed E-state index contributed by atoms with van der Waals surface area (Å²) in [6.07, 6.45) is -0.0323. The van der Waals surface area contributed by atoms with Gasteiger partial charge >= 0.3 is 14.8 Å². The van der Waals surface area contributed by atoms with Gasteiger partial charge in [-0.05, 0) is 78.6 Å². The number of rotatable bonds is 15. The van der Waals surface area contributed by atoms with Crippen molar-refractivity contribution in [2.24, 2.45) is 0 Å². The van der Waals surface area contributed by atoms with Gasteiger partial charge < -0.3 is 27.3 Å².